The third kappa shape index (κ3) is 4.10. The Morgan fingerprint density at radius 3 is 1.35 bits per heavy atom. The molecule has 9 rings (SSSR count). The molecule has 0 aliphatic rings. The van der Waals surface area contributed by atoms with Crippen molar-refractivity contribution >= 4 is 43.5 Å². The van der Waals surface area contributed by atoms with Gasteiger partial charge in [0.05, 0.1) is 16.6 Å². The molecule has 0 unspecified atom stereocenters. The maximum Gasteiger partial charge on any atom is 0.263 e. The summed E-state index contributed by atoms with van der Waals surface area (Å²) in [5.74, 6) is 0. The molecule has 0 amide bonds. The van der Waals surface area contributed by atoms with Crippen molar-refractivity contribution in [3.8, 4) is 33.6 Å². The highest BCUT2D eigenvalue weighted by atomic mass is 16.1. The van der Waals surface area contributed by atoms with Crippen molar-refractivity contribution in [2.24, 2.45) is 0 Å². The number of fused-ring (bicyclic) bond motifs is 6. The van der Waals surface area contributed by atoms with Gasteiger partial charge in [0, 0.05) is 32.9 Å². The third-order valence-electron chi connectivity index (χ3n) is 9.14. The van der Waals surface area contributed by atoms with Gasteiger partial charge in [-0.05, 0) is 88.3 Å². The van der Waals surface area contributed by atoms with Crippen molar-refractivity contribution in [2.75, 3.05) is 0 Å². The smallest absolute Gasteiger partial charge is 0.263 e. The zero-order chi connectivity index (χ0) is 30.6. The molecule has 0 bridgehead atoms. The van der Waals surface area contributed by atoms with E-state index in [2.05, 4.69) is 144 Å². The lowest BCUT2D eigenvalue weighted by molar-refractivity contribution is 1.06. The van der Waals surface area contributed by atoms with Gasteiger partial charge in [0.25, 0.3) is 5.56 Å². The summed E-state index contributed by atoms with van der Waals surface area (Å²) < 4.78 is 4.16. The van der Waals surface area contributed by atoms with Crippen LogP contribution in [0, 0.1) is 0 Å². The second-order valence-electron chi connectivity index (χ2n) is 11.8. The molecule has 216 valence electrons. The molecular weight excluding hydrogens is 560 g/mol. The van der Waals surface area contributed by atoms with Gasteiger partial charge in [0.1, 0.15) is 0 Å². The van der Waals surface area contributed by atoms with Gasteiger partial charge in [-0.15, -0.1) is 0 Å². The van der Waals surface area contributed by atoms with Crippen LogP contribution >= 0.6 is 0 Å². The predicted octanol–water partition coefficient (Wildman–Crippen LogP) is 10.6. The number of nitrogens with zero attached hydrogens (tertiary/aromatic N) is 2. The van der Waals surface area contributed by atoms with Gasteiger partial charge in [-0.3, -0.25) is 9.36 Å². The van der Waals surface area contributed by atoms with E-state index in [0.717, 1.165) is 61.0 Å². The van der Waals surface area contributed by atoms with Crippen molar-refractivity contribution in [3.05, 3.63) is 180 Å². The maximum atomic E-state index is 14.4. The van der Waals surface area contributed by atoms with E-state index in [-0.39, 0.29) is 5.56 Å². The summed E-state index contributed by atoms with van der Waals surface area (Å²) >= 11 is 0. The van der Waals surface area contributed by atoms with E-state index in [1.54, 1.807) is 0 Å². The minimum absolute atomic E-state index is 0.0285. The van der Waals surface area contributed by atoms with Crippen molar-refractivity contribution in [1.29, 1.82) is 0 Å². The fourth-order valence-electron chi connectivity index (χ4n) is 6.96. The molecule has 0 aliphatic heterocycles. The summed E-state index contributed by atoms with van der Waals surface area (Å²) in [6.45, 7) is 0. The number of para-hydroxylation sites is 2. The Hall–Kier alpha value is -6.19. The number of pyridine rings is 1. The van der Waals surface area contributed by atoms with Crippen LogP contribution in [0.1, 0.15) is 0 Å². The number of hydrogen-bond donors (Lipinski definition) is 0. The minimum Gasteiger partial charge on any atom is -0.309 e. The molecule has 0 spiro atoms. The van der Waals surface area contributed by atoms with Crippen LogP contribution in [0.15, 0.2) is 175 Å². The van der Waals surface area contributed by atoms with Crippen molar-refractivity contribution in [1.82, 2.24) is 9.13 Å². The van der Waals surface area contributed by atoms with Crippen LogP contribution in [0.4, 0.5) is 0 Å². The van der Waals surface area contributed by atoms with Crippen LogP contribution in [0.25, 0.3) is 77.1 Å². The Kier molecular flexibility index (Phi) is 5.97. The monoisotopic (exact) mass is 588 g/mol. The van der Waals surface area contributed by atoms with E-state index >= 15 is 0 Å². The molecule has 46 heavy (non-hydrogen) atoms. The Labute approximate surface area is 265 Å². The predicted molar refractivity (Wildman–Crippen MR) is 192 cm³/mol. The van der Waals surface area contributed by atoms with E-state index in [4.69, 9.17) is 0 Å². The van der Waals surface area contributed by atoms with Crippen LogP contribution < -0.4 is 5.56 Å². The van der Waals surface area contributed by atoms with Gasteiger partial charge in [-0.25, -0.2) is 0 Å². The highest BCUT2D eigenvalue weighted by Crippen LogP contribution is 2.34. The normalized spacial score (nSPS) is 11.6. The molecule has 3 heteroatoms. The van der Waals surface area contributed by atoms with E-state index in [9.17, 15) is 4.79 Å². The number of aromatic nitrogens is 2. The molecule has 0 radical (unpaired) electrons. The summed E-state index contributed by atoms with van der Waals surface area (Å²) in [5, 5.41) is 5.15. The summed E-state index contributed by atoms with van der Waals surface area (Å²) in [7, 11) is 0. The average Bonchev–Trinajstić information content (AvgIpc) is 3.47. The first-order chi connectivity index (χ1) is 22.7. The van der Waals surface area contributed by atoms with Gasteiger partial charge in [-0.1, -0.05) is 109 Å². The number of benzene rings is 7. The lowest BCUT2D eigenvalue weighted by Crippen LogP contribution is -2.19. The van der Waals surface area contributed by atoms with E-state index in [1.165, 1.54) is 10.8 Å². The fraction of sp³-hybridized carbons (Fsp3) is 0. The fourth-order valence-corrected chi connectivity index (χ4v) is 6.96. The van der Waals surface area contributed by atoms with Gasteiger partial charge < -0.3 is 4.57 Å². The molecule has 0 saturated carbocycles. The van der Waals surface area contributed by atoms with Crippen LogP contribution in [-0.2, 0) is 0 Å². The Bertz CT molecular complexity index is 2580. The Balaban J connectivity index is 1.27. The van der Waals surface area contributed by atoms with E-state index in [0.29, 0.717) is 5.39 Å². The number of hydrogen-bond acceptors (Lipinski definition) is 1. The van der Waals surface area contributed by atoms with Gasteiger partial charge in [0.15, 0.2) is 0 Å². The van der Waals surface area contributed by atoms with Gasteiger partial charge >= 0.3 is 0 Å². The number of rotatable bonds is 4. The SMILES string of the molecule is O=c1c2ccc(-c3ccccc3)cc2c2cc(-c3ccccc3)ccc2n1-c1ccc(-n2c3ccccc3c3ccccc32)cc1. The van der Waals surface area contributed by atoms with Gasteiger partial charge in [-0.2, -0.15) is 0 Å². The van der Waals surface area contributed by atoms with E-state index < -0.39 is 0 Å². The molecular formula is C43H28N2O. The van der Waals surface area contributed by atoms with Crippen LogP contribution in [0.5, 0.6) is 0 Å². The second kappa shape index (κ2) is 10.5. The summed E-state index contributed by atoms with van der Waals surface area (Å²) in [4.78, 5) is 14.4. The zero-order valence-electron chi connectivity index (χ0n) is 25.0. The molecule has 9 aromatic rings. The molecule has 0 fully saturated rings. The standard InChI is InChI=1S/C43H28N2O/c46-43-37-25-19-31(29-11-3-1-4-12-29)27-38(37)39-28-32(30-13-5-2-6-14-30)20-26-42(39)45(43)34-23-21-33(22-24-34)44-40-17-9-7-15-35(40)36-16-8-10-18-41(36)44/h1-28H. The quantitative estimate of drug-likeness (QED) is 0.188. The second-order valence-corrected chi connectivity index (χ2v) is 11.8. The molecule has 2 heterocycles. The van der Waals surface area contributed by atoms with Crippen molar-refractivity contribution in [2.45, 2.75) is 0 Å². The van der Waals surface area contributed by atoms with Crippen LogP contribution in [0.2, 0.25) is 0 Å². The van der Waals surface area contributed by atoms with Crippen molar-refractivity contribution < 1.29 is 0 Å². The highest BCUT2D eigenvalue weighted by Gasteiger charge is 2.16. The van der Waals surface area contributed by atoms with E-state index in [1.807, 2.05) is 34.9 Å². The summed E-state index contributed by atoms with van der Waals surface area (Å²) in [6, 6.07) is 58.8. The maximum absolute atomic E-state index is 14.4. The largest absolute Gasteiger partial charge is 0.309 e. The third-order valence-corrected chi connectivity index (χ3v) is 9.14. The molecule has 7 aromatic carbocycles. The Morgan fingerprint density at radius 1 is 0.304 bits per heavy atom. The first-order valence-corrected chi connectivity index (χ1v) is 15.6. The molecule has 0 atom stereocenters. The molecule has 3 nitrogen and oxygen atoms in total. The first kappa shape index (κ1) is 26.2. The lowest BCUT2D eigenvalue weighted by Gasteiger charge is -2.16. The Morgan fingerprint density at radius 2 is 0.761 bits per heavy atom. The molecule has 0 N–H and O–H groups in total. The summed E-state index contributed by atoms with van der Waals surface area (Å²) in [5.41, 5.74) is 9.54. The lowest BCUT2D eigenvalue weighted by atomic mass is 9.96. The highest BCUT2D eigenvalue weighted by molar-refractivity contribution is 6.10. The topological polar surface area (TPSA) is 26.9 Å². The molecule has 0 saturated heterocycles. The molecule has 0 aliphatic carbocycles. The molecule has 2 aromatic heterocycles. The average molecular weight is 589 g/mol. The van der Waals surface area contributed by atoms with Gasteiger partial charge in [0.2, 0.25) is 0 Å². The van der Waals surface area contributed by atoms with Crippen molar-refractivity contribution in [3.63, 3.8) is 0 Å². The first-order valence-electron chi connectivity index (χ1n) is 15.6. The van der Waals surface area contributed by atoms with Crippen LogP contribution in [0.3, 0.4) is 0 Å². The summed E-state index contributed by atoms with van der Waals surface area (Å²) in [6.07, 6.45) is 0. The minimum atomic E-state index is -0.0285. The zero-order valence-corrected chi connectivity index (χ0v) is 25.0. The van der Waals surface area contributed by atoms with Crippen LogP contribution in [-0.4, -0.2) is 9.13 Å².